The molecule has 37 heavy (non-hydrogen) atoms. The van der Waals surface area contributed by atoms with E-state index in [0.717, 1.165) is 54.1 Å². The van der Waals surface area contributed by atoms with Crippen LogP contribution in [0.3, 0.4) is 0 Å². The van der Waals surface area contributed by atoms with E-state index in [9.17, 15) is 4.79 Å². The van der Waals surface area contributed by atoms with Gasteiger partial charge in [-0.1, -0.05) is 12.1 Å². The Morgan fingerprint density at radius 2 is 1.70 bits per heavy atom. The summed E-state index contributed by atoms with van der Waals surface area (Å²) in [5, 5.41) is 13.8. The second kappa shape index (κ2) is 9.63. The van der Waals surface area contributed by atoms with Gasteiger partial charge in [0, 0.05) is 37.3 Å². The topological polar surface area (TPSA) is 92.2 Å². The summed E-state index contributed by atoms with van der Waals surface area (Å²) in [5.41, 5.74) is 4.46. The van der Waals surface area contributed by atoms with Crippen molar-refractivity contribution in [3.63, 3.8) is 0 Å². The number of fused-ring (bicyclic) bond motifs is 1. The number of para-hydroxylation sites is 2. The number of piperazine rings is 1. The lowest BCUT2D eigenvalue weighted by molar-refractivity contribution is 0.190. The maximum Gasteiger partial charge on any atom is 0.253 e. The zero-order chi connectivity index (χ0) is 26.3. The second-order valence-corrected chi connectivity index (χ2v) is 10.8. The third kappa shape index (κ3) is 4.71. The van der Waals surface area contributed by atoms with Crippen LogP contribution in [0.5, 0.6) is 5.75 Å². The normalized spacial score (nSPS) is 15.8. The number of methoxy groups -OCH3 is 1. The summed E-state index contributed by atoms with van der Waals surface area (Å²) in [6.07, 6.45) is 0. The number of rotatable bonds is 5. The van der Waals surface area contributed by atoms with Gasteiger partial charge in [-0.3, -0.25) is 9.69 Å². The molecule has 4 aromatic rings. The first-order valence-corrected chi connectivity index (χ1v) is 12.7. The van der Waals surface area contributed by atoms with Crippen molar-refractivity contribution >= 4 is 16.6 Å². The lowest BCUT2D eigenvalue weighted by Gasteiger charge is -2.40. The van der Waals surface area contributed by atoms with E-state index in [1.54, 1.807) is 7.11 Å². The van der Waals surface area contributed by atoms with Gasteiger partial charge in [0.15, 0.2) is 5.82 Å². The summed E-state index contributed by atoms with van der Waals surface area (Å²) in [4.78, 5) is 21.3. The Balaban J connectivity index is 1.57. The van der Waals surface area contributed by atoms with Crippen LogP contribution >= 0.6 is 0 Å². The highest BCUT2D eigenvalue weighted by Crippen LogP contribution is 2.33. The summed E-state index contributed by atoms with van der Waals surface area (Å²) >= 11 is 0. The Labute approximate surface area is 217 Å². The SMILES string of the molecule is COc1ccccc1N1CCN(C(c2cc3cc(C)c(C)cc3[nH]c2=O)c2nnnn2C(C)(C)C)CC1. The van der Waals surface area contributed by atoms with E-state index in [-0.39, 0.29) is 17.1 Å². The first-order valence-electron chi connectivity index (χ1n) is 12.7. The molecule has 5 rings (SSSR count). The molecular formula is C28H35N7O2. The molecule has 1 aliphatic heterocycles. The Morgan fingerprint density at radius 3 is 2.41 bits per heavy atom. The number of aromatic nitrogens is 5. The smallest absolute Gasteiger partial charge is 0.253 e. The maximum absolute atomic E-state index is 13.6. The summed E-state index contributed by atoms with van der Waals surface area (Å²) < 4.78 is 7.44. The van der Waals surface area contributed by atoms with E-state index in [0.29, 0.717) is 11.4 Å². The van der Waals surface area contributed by atoms with Crippen LogP contribution in [0.25, 0.3) is 10.9 Å². The standard InChI is InChI=1S/C28H35N7O2/c1-18-15-20-17-21(27(36)29-22(20)16-19(18)2)25(26-30-31-32-35(26)28(3,4)5)34-13-11-33(12-14-34)23-9-7-8-10-24(23)37-6/h7-10,15-17,25H,11-14H2,1-6H3,(H,29,36). The number of nitrogens with one attached hydrogen (secondary N) is 1. The van der Waals surface area contributed by atoms with Crippen molar-refractivity contribution < 1.29 is 4.74 Å². The number of hydrogen-bond donors (Lipinski definition) is 1. The molecule has 0 radical (unpaired) electrons. The number of pyridine rings is 1. The number of hydrogen-bond acceptors (Lipinski definition) is 7. The van der Waals surface area contributed by atoms with Gasteiger partial charge in [0.1, 0.15) is 11.8 Å². The van der Waals surface area contributed by atoms with Crippen LogP contribution in [0.1, 0.15) is 49.3 Å². The second-order valence-electron chi connectivity index (χ2n) is 10.8. The van der Waals surface area contributed by atoms with Gasteiger partial charge in [-0.2, -0.15) is 0 Å². The van der Waals surface area contributed by atoms with E-state index in [2.05, 4.69) is 77.1 Å². The maximum atomic E-state index is 13.6. The van der Waals surface area contributed by atoms with Gasteiger partial charge in [0.25, 0.3) is 5.56 Å². The molecule has 0 aliphatic carbocycles. The van der Waals surface area contributed by atoms with Crippen molar-refractivity contribution in [2.24, 2.45) is 0 Å². The fraction of sp³-hybridized carbons (Fsp3) is 0.429. The van der Waals surface area contributed by atoms with E-state index >= 15 is 0 Å². The molecule has 0 bridgehead atoms. The summed E-state index contributed by atoms with van der Waals surface area (Å²) in [6, 6.07) is 13.9. The van der Waals surface area contributed by atoms with Gasteiger partial charge in [0.05, 0.1) is 18.3 Å². The summed E-state index contributed by atoms with van der Waals surface area (Å²) in [5.74, 6) is 1.53. The number of anilines is 1. The summed E-state index contributed by atoms with van der Waals surface area (Å²) in [6.45, 7) is 13.4. The molecule has 1 aliphatic rings. The molecule has 0 spiro atoms. The highest BCUT2D eigenvalue weighted by atomic mass is 16.5. The van der Waals surface area contributed by atoms with Crippen molar-refractivity contribution in [1.82, 2.24) is 30.1 Å². The molecule has 2 aromatic heterocycles. The van der Waals surface area contributed by atoms with Crippen LogP contribution in [0.2, 0.25) is 0 Å². The summed E-state index contributed by atoms with van der Waals surface area (Å²) in [7, 11) is 1.70. The Hall–Kier alpha value is -3.72. The fourth-order valence-electron chi connectivity index (χ4n) is 5.15. The molecule has 0 saturated carbocycles. The third-order valence-electron chi connectivity index (χ3n) is 7.26. The molecule has 1 atom stereocenters. The zero-order valence-corrected chi connectivity index (χ0v) is 22.4. The van der Waals surface area contributed by atoms with E-state index < -0.39 is 0 Å². The zero-order valence-electron chi connectivity index (χ0n) is 22.4. The van der Waals surface area contributed by atoms with Gasteiger partial charge < -0.3 is 14.6 Å². The highest BCUT2D eigenvalue weighted by molar-refractivity contribution is 5.81. The minimum atomic E-state index is -0.385. The van der Waals surface area contributed by atoms with Crippen molar-refractivity contribution in [3.05, 3.63) is 75.3 Å². The quantitative estimate of drug-likeness (QED) is 0.445. The monoisotopic (exact) mass is 501 g/mol. The number of nitrogens with zero attached hydrogens (tertiary/aromatic N) is 6. The van der Waals surface area contributed by atoms with Crippen molar-refractivity contribution in [1.29, 1.82) is 0 Å². The highest BCUT2D eigenvalue weighted by Gasteiger charge is 2.35. The average molecular weight is 502 g/mol. The van der Waals surface area contributed by atoms with Crippen LogP contribution in [0, 0.1) is 13.8 Å². The third-order valence-corrected chi connectivity index (χ3v) is 7.26. The average Bonchev–Trinajstić information content (AvgIpc) is 3.36. The van der Waals surface area contributed by atoms with Gasteiger partial charge in [-0.15, -0.1) is 5.10 Å². The van der Waals surface area contributed by atoms with Crippen LogP contribution in [-0.2, 0) is 5.54 Å². The molecule has 9 nitrogen and oxygen atoms in total. The van der Waals surface area contributed by atoms with Crippen molar-refractivity contribution in [2.75, 3.05) is 38.2 Å². The van der Waals surface area contributed by atoms with Crippen LogP contribution in [0.4, 0.5) is 5.69 Å². The first kappa shape index (κ1) is 25.0. The number of ether oxygens (including phenoxy) is 1. The molecular weight excluding hydrogens is 466 g/mol. The number of benzene rings is 2. The Bertz CT molecular complexity index is 1480. The van der Waals surface area contributed by atoms with Gasteiger partial charge in [0.2, 0.25) is 0 Å². The Morgan fingerprint density at radius 1 is 1.00 bits per heavy atom. The first-order chi connectivity index (χ1) is 17.7. The lowest BCUT2D eigenvalue weighted by Crippen LogP contribution is -2.49. The van der Waals surface area contributed by atoms with Gasteiger partial charge in [-0.25, -0.2) is 4.68 Å². The largest absolute Gasteiger partial charge is 0.495 e. The minimum Gasteiger partial charge on any atom is -0.495 e. The molecule has 1 fully saturated rings. The Kier molecular flexibility index (Phi) is 6.49. The molecule has 194 valence electrons. The lowest BCUT2D eigenvalue weighted by atomic mass is 9.99. The molecule has 1 saturated heterocycles. The van der Waals surface area contributed by atoms with Crippen molar-refractivity contribution in [2.45, 2.75) is 46.2 Å². The number of aromatic amines is 1. The molecule has 3 heterocycles. The number of tetrazole rings is 1. The van der Waals surface area contributed by atoms with Gasteiger partial charge >= 0.3 is 0 Å². The predicted molar refractivity (Wildman–Crippen MR) is 145 cm³/mol. The van der Waals surface area contributed by atoms with Crippen LogP contribution < -0.4 is 15.2 Å². The fourth-order valence-corrected chi connectivity index (χ4v) is 5.15. The van der Waals surface area contributed by atoms with Gasteiger partial charge in [-0.05, 0) is 91.9 Å². The van der Waals surface area contributed by atoms with Crippen LogP contribution in [-0.4, -0.2) is 63.4 Å². The van der Waals surface area contributed by atoms with E-state index in [4.69, 9.17) is 4.74 Å². The molecule has 1 N–H and O–H groups in total. The molecule has 1 unspecified atom stereocenters. The minimum absolute atomic E-state index is 0.114. The number of aryl methyl sites for hydroxylation is 2. The molecule has 9 heteroatoms. The predicted octanol–water partition coefficient (Wildman–Crippen LogP) is 3.81. The molecule has 2 aromatic carbocycles. The molecule has 0 amide bonds. The van der Waals surface area contributed by atoms with Crippen LogP contribution in [0.15, 0.2) is 47.3 Å². The van der Waals surface area contributed by atoms with Crippen molar-refractivity contribution in [3.8, 4) is 5.75 Å². The van der Waals surface area contributed by atoms with E-state index in [1.807, 2.05) is 35.0 Å². The number of H-pyrrole nitrogens is 1. The van der Waals surface area contributed by atoms with E-state index in [1.165, 1.54) is 5.56 Å².